The molecule has 1 unspecified atom stereocenters. The molecule has 0 aliphatic carbocycles. The number of benzene rings is 1. The van der Waals surface area contributed by atoms with Gasteiger partial charge in [-0.15, -0.1) is 0 Å². The summed E-state index contributed by atoms with van der Waals surface area (Å²) in [5.41, 5.74) is 1.75. The highest BCUT2D eigenvalue weighted by molar-refractivity contribution is 5.95. The molecule has 1 aromatic heterocycles. The fraction of sp³-hybridized carbons (Fsp3) is 0.444. The highest BCUT2D eigenvalue weighted by atomic mass is 19.3. The van der Waals surface area contributed by atoms with Gasteiger partial charge in [-0.05, 0) is 38.0 Å². The first-order chi connectivity index (χ1) is 12.1. The number of fused-ring (bicyclic) bond motifs is 1. The van der Waals surface area contributed by atoms with E-state index < -0.39 is 6.61 Å². The summed E-state index contributed by atoms with van der Waals surface area (Å²) in [6.45, 7) is 1.12. The maximum atomic E-state index is 12.5. The van der Waals surface area contributed by atoms with Gasteiger partial charge in [0.15, 0.2) is 0 Å². The van der Waals surface area contributed by atoms with E-state index in [-0.39, 0.29) is 11.9 Å². The lowest BCUT2D eigenvalue weighted by molar-refractivity contribution is -0.0497. The Hall–Kier alpha value is -2.46. The number of alkyl halides is 2. The van der Waals surface area contributed by atoms with Gasteiger partial charge in [0.05, 0.1) is 22.9 Å². The van der Waals surface area contributed by atoms with Crippen LogP contribution in [-0.2, 0) is 4.74 Å². The average Bonchev–Trinajstić information content (AvgIpc) is 2.60. The van der Waals surface area contributed by atoms with Crippen LogP contribution in [0.1, 0.15) is 25.3 Å². The summed E-state index contributed by atoms with van der Waals surface area (Å²) in [5, 5.41) is 10.1. The molecule has 1 saturated heterocycles. The maximum Gasteiger partial charge on any atom is 0.387 e. The zero-order valence-electron chi connectivity index (χ0n) is 13.9. The summed E-state index contributed by atoms with van der Waals surface area (Å²) < 4.78 is 35.3. The average molecular weight is 347 g/mol. The predicted molar refractivity (Wildman–Crippen MR) is 90.0 cm³/mol. The monoisotopic (exact) mass is 347 g/mol. The lowest BCUT2D eigenvalue weighted by Gasteiger charge is -2.35. The largest absolute Gasteiger partial charge is 0.435 e. The fourth-order valence-electron chi connectivity index (χ4n) is 3.27. The van der Waals surface area contributed by atoms with E-state index in [0.29, 0.717) is 35.3 Å². The normalized spacial score (nSPS) is 17.7. The smallest absolute Gasteiger partial charge is 0.387 e. The Morgan fingerprint density at radius 2 is 2.28 bits per heavy atom. The molecule has 2 aromatic rings. The van der Waals surface area contributed by atoms with Crippen LogP contribution in [0.5, 0.6) is 5.75 Å². The van der Waals surface area contributed by atoms with Crippen LogP contribution in [0.4, 0.5) is 14.5 Å². The Morgan fingerprint density at radius 1 is 1.44 bits per heavy atom. The van der Waals surface area contributed by atoms with Gasteiger partial charge in [-0.3, -0.25) is 4.98 Å². The minimum Gasteiger partial charge on any atom is -0.435 e. The zero-order valence-corrected chi connectivity index (χ0v) is 13.9. The number of rotatable bonds is 5. The summed E-state index contributed by atoms with van der Waals surface area (Å²) in [7, 11) is 0. The minimum absolute atomic E-state index is 0.0546. The number of halogens is 2. The van der Waals surface area contributed by atoms with Crippen LogP contribution in [-0.4, -0.2) is 37.4 Å². The molecule has 1 fully saturated rings. The molecule has 1 atom stereocenters. The highest BCUT2D eigenvalue weighted by Gasteiger charge is 2.24. The number of hydrogen-bond donors (Lipinski definition) is 0. The topological polar surface area (TPSA) is 58.4 Å². The number of nitrogens with zero attached hydrogens (tertiary/aromatic N) is 3. The first kappa shape index (κ1) is 17.4. The first-order valence-electron chi connectivity index (χ1n) is 8.26. The molecule has 5 nitrogen and oxygen atoms in total. The molecular weight excluding hydrogens is 328 g/mol. The Labute approximate surface area is 144 Å². The summed E-state index contributed by atoms with van der Waals surface area (Å²) in [5.74, 6) is 0.0546. The van der Waals surface area contributed by atoms with Crippen molar-refractivity contribution in [3.05, 3.63) is 30.0 Å². The summed E-state index contributed by atoms with van der Waals surface area (Å²) >= 11 is 0. The first-order valence-corrected chi connectivity index (χ1v) is 8.26. The van der Waals surface area contributed by atoms with E-state index in [2.05, 4.69) is 20.7 Å². The van der Waals surface area contributed by atoms with Crippen molar-refractivity contribution in [3.63, 3.8) is 0 Å². The van der Waals surface area contributed by atoms with Crippen molar-refractivity contribution in [2.45, 2.75) is 32.5 Å². The molecule has 0 saturated carbocycles. The lowest BCUT2D eigenvalue weighted by atomic mass is 10.0. The van der Waals surface area contributed by atoms with Gasteiger partial charge in [-0.1, -0.05) is 0 Å². The van der Waals surface area contributed by atoms with Crippen molar-refractivity contribution in [1.29, 1.82) is 5.26 Å². The number of pyridine rings is 1. The second-order valence-electron chi connectivity index (χ2n) is 5.86. The second kappa shape index (κ2) is 7.62. The zero-order chi connectivity index (χ0) is 17.8. The van der Waals surface area contributed by atoms with E-state index in [9.17, 15) is 14.0 Å². The standard InChI is InChI=1S/C18H19F2N3O2/c1-2-24-14-4-3-7-23(11-14)17-12(9-21)10-22-16-6-5-13(8-15(16)17)25-18(19)20/h5-6,8,10,14,18H,2-4,7,11H2,1H3. The Bertz CT molecular complexity index is 790. The van der Waals surface area contributed by atoms with Gasteiger partial charge >= 0.3 is 6.61 Å². The van der Waals surface area contributed by atoms with Gasteiger partial charge in [0, 0.05) is 31.3 Å². The molecule has 1 aliphatic rings. The highest BCUT2D eigenvalue weighted by Crippen LogP contribution is 2.34. The van der Waals surface area contributed by atoms with Crippen LogP contribution in [0, 0.1) is 11.3 Å². The van der Waals surface area contributed by atoms with Crippen molar-refractivity contribution in [3.8, 4) is 11.8 Å². The number of aromatic nitrogens is 1. The molecule has 0 N–H and O–H groups in total. The van der Waals surface area contributed by atoms with E-state index in [1.54, 1.807) is 6.07 Å². The quantitative estimate of drug-likeness (QED) is 0.825. The Morgan fingerprint density at radius 3 is 3.00 bits per heavy atom. The summed E-state index contributed by atoms with van der Waals surface area (Å²) in [4.78, 5) is 6.34. The van der Waals surface area contributed by atoms with E-state index in [1.165, 1.54) is 18.3 Å². The number of nitriles is 1. The number of hydrogen-bond acceptors (Lipinski definition) is 5. The Balaban J connectivity index is 2.05. The van der Waals surface area contributed by atoms with Crippen molar-refractivity contribution in [1.82, 2.24) is 4.98 Å². The third kappa shape index (κ3) is 3.80. The number of ether oxygens (including phenoxy) is 2. The van der Waals surface area contributed by atoms with Gasteiger partial charge in [-0.2, -0.15) is 14.0 Å². The second-order valence-corrected chi connectivity index (χ2v) is 5.86. The number of piperidine rings is 1. The van der Waals surface area contributed by atoms with Crippen LogP contribution in [0.3, 0.4) is 0 Å². The minimum atomic E-state index is -2.90. The van der Waals surface area contributed by atoms with Crippen LogP contribution in [0.15, 0.2) is 24.4 Å². The molecule has 0 amide bonds. The molecule has 1 aliphatic heterocycles. The fourth-order valence-corrected chi connectivity index (χ4v) is 3.27. The van der Waals surface area contributed by atoms with Gasteiger partial charge in [0.2, 0.25) is 0 Å². The van der Waals surface area contributed by atoms with Crippen LogP contribution >= 0.6 is 0 Å². The van der Waals surface area contributed by atoms with Gasteiger partial charge in [-0.25, -0.2) is 0 Å². The molecule has 132 valence electrons. The molecular formula is C18H19F2N3O2. The molecule has 0 radical (unpaired) electrons. The van der Waals surface area contributed by atoms with Crippen LogP contribution in [0.2, 0.25) is 0 Å². The van der Waals surface area contributed by atoms with Crippen molar-refractivity contribution < 1.29 is 18.3 Å². The van der Waals surface area contributed by atoms with Crippen LogP contribution < -0.4 is 9.64 Å². The van der Waals surface area contributed by atoms with Gasteiger partial charge in [0.25, 0.3) is 0 Å². The molecule has 0 spiro atoms. The third-order valence-electron chi connectivity index (χ3n) is 4.25. The van der Waals surface area contributed by atoms with E-state index in [4.69, 9.17) is 4.74 Å². The third-order valence-corrected chi connectivity index (χ3v) is 4.25. The van der Waals surface area contributed by atoms with E-state index >= 15 is 0 Å². The lowest BCUT2D eigenvalue weighted by Crippen LogP contribution is -2.40. The van der Waals surface area contributed by atoms with Crippen molar-refractivity contribution in [2.24, 2.45) is 0 Å². The van der Waals surface area contributed by atoms with Crippen molar-refractivity contribution in [2.75, 3.05) is 24.6 Å². The van der Waals surface area contributed by atoms with E-state index in [0.717, 1.165) is 19.4 Å². The summed E-state index contributed by atoms with van der Waals surface area (Å²) in [6.07, 6.45) is 3.52. The molecule has 3 rings (SSSR count). The molecule has 0 bridgehead atoms. The molecule has 1 aromatic carbocycles. The Kier molecular flexibility index (Phi) is 5.29. The maximum absolute atomic E-state index is 12.5. The number of anilines is 1. The van der Waals surface area contributed by atoms with Crippen LogP contribution in [0.25, 0.3) is 10.9 Å². The van der Waals surface area contributed by atoms with E-state index in [1.807, 2.05) is 6.92 Å². The molecule has 2 heterocycles. The molecule has 25 heavy (non-hydrogen) atoms. The SMILES string of the molecule is CCOC1CCCN(c2c(C#N)cnc3ccc(OC(F)F)cc23)C1. The predicted octanol–water partition coefficient (Wildman–Crippen LogP) is 3.71. The summed E-state index contributed by atoms with van der Waals surface area (Å²) in [6, 6.07) is 6.76. The molecule has 7 heteroatoms. The van der Waals surface area contributed by atoms with Gasteiger partial charge < -0.3 is 14.4 Å². The van der Waals surface area contributed by atoms with Crippen molar-refractivity contribution >= 4 is 16.6 Å². The van der Waals surface area contributed by atoms with Gasteiger partial charge in [0.1, 0.15) is 11.8 Å².